The average molecular weight is 270 g/mol. The van der Waals surface area contributed by atoms with Gasteiger partial charge >= 0.3 is 0 Å². The van der Waals surface area contributed by atoms with Crippen LogP contribution in [-0.2, 0) is 11.3 Å². The van der Waals surface area contributed by atoms with Crippen LogP contribution in [-0.4, -0.2) is 5.91 Å². The number of anilines is 1. The van der Waals surface area contributed by atoms with E-state index in [1.165, 1.54) is 0 Å². The fourth-order valence-corrected chi connectivity index (χ4v) is 2.51. The Balaban J connectivity index is 2.31. The van der Waals surface area contributed by atoms with Crippen molar-refractivity contribution in [3.63, 3.8) is 0 Å². The van der Waals surface area contributed by atoms with Gasteiger partial charge in [-0.1, -0.05) is 19.1 Å². The van der Waals surface area contributed by atoms with Gasteiger partial charge in [0, 0.05) is 17.0 Å². The number of thiophene rings is 1. The summed E-state index contributed by atoms with van der Waals surface area (Å²) in [6.45, 7) is 2.40. The molecule has 2 aromatic rings. The summed E-state index contributed by atoms with van der Waals surface area (Å²) in [7, 11) is 0. The molecule has 0 radical (unpaired) electrons. The summed E-state index contributed by atoms with van der Waals surface area (Å²) in [5.41, 5.74) is 1.34. The molecule has 0 unspecified atom stereocenters. The van der Waals surface area contributed by atoms with E-state index in [-0.39, 0.29) is 5.91 Å². The van der Waals surface area contributed by atoms with E-state index in [2.05, 4.69) is 6.07 Å². The third-order valence-corrected chi connectivity index (χ3v) is 3.65. The molecule has 0 N–H and O–H groups in total. The Bertz CT molecular complexity index is 599. The van der Waals surface area contributed by atoms with Crippen molar-refractivity contribution in [2.45, 2.75) is 19.9 Å². The van der Waals surface area contributed by atoms with Gasteiger partial charge in [0.15, 0.2) is 0 Å². The lowest BCUT2D eigenvalue weighted by atomic mass is 10.2. The molecule has 1 amide bonds. The second-order valence-corrected chi connectivity index (χ2v) is 5.11. The van der Waals surface area contributed by atoms with E-state index in [0.717, 1.165) is 10.6 Å². The molecular formula is C15H14N2OS. The summed E-state index contributed by atoms with van der Waals surface area (Å²) >= 11 is 1.62. The van der Waals surface area contributed by atoms with Gasteiger partial charge in [0.25, 0.3) is 0 Å². The molecule has 3 nitrogen and oxygen atoms in total. The molecule has 0 saturated carbocycles. The zero-order chi connectivity index (χ0) is 13.7. The van der Waals surface area contributed by atoms with E-state index in [0.29, 0.717) is 18.5 Å². The third-order valence-electron chi connectivity index (χ3n) is 2.78. The van der Waals surface area contributed by atoms with Gasteiger partial charge in [-0.25, -0.2) is 0 Å². The summed E-state index contributed by atoms with van der Waals surface area (Å²) in [6, 6.07) is 13.2. The van der Waals surface area contributed by atoms with Crippen molar-refractivity contribution in [2.75, 3.05) is 4.90 Å². The number of hydrogen-bond acceptors (Lipinski definition) is 3. The van der Waals surface area contributed by atoms with Crippen LogP contribution in [0.25, 0.3) is 0 Å². The van der Waals surface area contributed by atoms with Gasteiger partial charge in [0.2, 0.25) is 5.91 Å². The second kappa shape index (κ2) is 6.17. The predicted octanol–water partition coefficient (Wildman–Crippen LogP) is 3.56. The van der Waals surface area contributed by atoms with Crippen LogP contribution in [0, 0.1) is 11.3 Å². The Morgan fingerprint density at radius 2 is 2.21 bits per heavy atom. The molecule has 0 spiro atoms. The first-order valence-corrected chi connectivity index (χ1v) is 6.95. The van der Waals surface area contributed by atoms with E-state index in [1.807, 2.05) is 30.5 Å². The van der Waals surface area contributed by atoms with Crippen LogP contribution in [0.2, 0.25) is 0 Å². The van der Waals surface area contributed by atoms with Crippen molar-refractivity contribution in [2.24, 2.45) is 0 Å². The number of benzene rings is 1. The molecule has 0 bridgehead atoms. The van der Waals surface area contributed by atoms with Gasteiger partial charge in [-0.2, -0.15) is 5.26 Å². The molecule has 1 heterocycles. The topological polar surface area (TPSA) is 44.1 Å². The Hall–Kier alpha value is -2.12. The maximum absolute atomic E-state index is 12.1. The Morgan fingerprint density at radius 1 is 1.37 bits per heavy atom. The molecule has 96 valence electrons. The second-order valence-electron chi connectivity index (χ2n) is 4.07. The van der Waals surface area contributed by atoms with E-state index in [9.17, 15) is 4.79 Å². The first kappa shape index (κ1) is 13.3. The normalized spacial score (nSPS) is 9.89. The van der Waals surface area contributed by atoms with Crippen molar-refractivity contribution in [3.05, 3.63) is 52.2 Å². The quantitative estimate of drug-likeness (QED) is 0.852. The summed E-state index contributed by atoms with van der Waals surface area (Å²) in [5.74, 6) is 0.0588. The molecular weight excluding hydrogens is 256 g/mol. The Labute approximate surface area is 116 Å². The minimum atomic E-state index is 0.0588. The Kier molecular flexibility index (Phi) is 4.32. The first-order valence-electron chi connectivity index (χ1n) is 6.07. The number of nitriles is 1. The largest absolute Gasteiger partial charge is 0.307 e. The highest BCUT2D eigenvalue weighted by Gasteiger charge is 2.15. The van der Waals surface area contributed by atoms with Crippen molar-refractivity contribution >= 4 is 22.9 Å². The monoisotopic (exact) mass is 270 g/mol. The van der Waals surface area contributed by atoms with Gasteiger partial charge in [-0.3, -0.25) is 4.79 Å². The van der Waals surface area contributed by atoms with Gasteiger partial charge < -0.3 is 4.90 Å². The Morgan fingerprint density at radius 3 is 2.84 bits per heavy atom. The van der Waals surface area contributed by atoms with Crippen LogP contribution in [0.15, 0.2) is 41.8 Å². The minimum absolute atomic E-state index is 0.0588. The summed E-state index contributed by atoms with van der Waals surface area (Å²) < 4.78 is 0. The van der Waals surface area contributed by atoms with Crippen molar-refractivity contribution in [1.82, 2.24) is 0 Å². The van der Waals surface area contributed by atoms with Crippen molar-refractivity contribution < 1.29 is 4.79 Å². The van der Waals surface area contributed by atoms with Gasteiger partial charge in [0.05, 0.1) is 18.2 Å². The van der Waals surface area contributed by atoms with Crippen LogP contribution >= 0.6 is 11.3 Å². The lowest BCUT2D eigenvalue weighted by Gasteiger charge is -2.22. The van der Waals surface area contributed by atoms with Crippen molar-refractivity contribution in [3.8, 4) is 6.07 Å². The van der Waals surface area contributed by atoms with Crippen LogP contribution in [0.1, 0.15) is 23.8 Å². The molecule has 0 aliphatic carbocycles. The van der Waals surface area contributed by atoms with E-state index < -0.39 is 0 Å². The maximum atomic E-state index is 12.1. The number of nitrogens with zero attached hydrogens (tertiary/aromatic N) is 2. The fraction of sp³-hybridized carbons (Fsp3) is 0.200. The highest BCUT2D eigenvalue weighted by Crippen LogP contribution is 2.21. The lowest BCUT2D eigenvalue weighted by Crippen LogP contribution is -2.29. The highest BCUT2D eigenvalue weighted by atomic mass is 32.1. The summed E-state index contributed by atoms with van der Waals surface area (Å²) in [5, 5.41) is 10.9. The highest BCUT2D eigenvalue weighted by molar-refractivity contribution is 7.09. The number of carbonyl (C=O) groups is 1. The average Bonchev–Trinajstić information content (AvgIpc) is 2.97. The number of rotatable bonds is 4. The van der Waals surface area contributed by atoms with Gasteiger partial charge in [-0.15, -0.1) is 11.3 Å². The van der Waals surface area contributed by atoms with Crippen LogP contribution in [0.3, 0.4) is 0 Å². The SMILES string of the molecule is CCC(=O)N(Cc1cccs1)c1cccc(C#N)c1. The molecule has 0 atom stereocenters. The van der Waals surface area contributed by atoms with Crippen LogP contribution in [0.5, 0.6) is 0 Å². The predicted molar refractivity (Wildman–Crippen MR) is 77.0 cm³/mol. The molecule has 0 aliphatic heterocycles. The molecule has 2 rings (SSSR count). The first-order chi connectivity index (χ1) is 9.24. The maximum Gasteiger partial charge on any atom is 0.227 e. The van der Waals surface area contributed by atoms with E-state index in [1.54, 1.807) is 34.4 Å². The number of carbonyl (C=O) groups excluding carboxylic acids is 1. The van der Waals surface area contributed by atoms with Crippen LogP contribution in [0.4, 0.5) is 5.69 Å². The third kappa shape index (κ3) is 3.21. The summed E-state index contributed by atoms with van der Waals surface area (Å²) in [6.07, 6.45) is 0.447. The number of hydrogen-bond donors (Lipinski definition) is 0. The summed E-state index contributed by atoms with van der Waals surface area (Å²) in [4.78, 5) is 14.9. The molecule has 19 heavy (non-hydrogen) atoms. The number of amides is 1. The standard InChI is InChI=1S/C15H14N2OS/c1-2-15(18)17(11-14-7-4-8-19-14)13-6-3-5-12(9-13)10-16/h3-9H,2,11H2,1H3. The van der Waals surface area contributed by atoms with E-state index in [4.69, 9.17) is 5.26 Å². The zero-order valence-corrected chi connectivity index (χ0v) is 11.5. The van der Waals surface area contributed by atoms with Crippen LogP contribution < -0.4 is 4.90 Å². The molecule has 1 aromatic carbocycles. The van der Waals surface area contributed by atoms with Gasteiger partial charge in [0.1, 0.15) is 0 Å². The zero-order valence-electron chi connectivity index (χ0n) is 10.7. The molecule has 0 fully saturated rings. The van der Waals surface area contributed by atoms with Gasteiger partial charge in [-0.05, 0) is 29.6 Å². The van der Waals surface area contributed by atoms with Crippen molar-refractivity contribution in [1.29, 1.82) is 5.26 Å². The molecule has 4 heteroatoms. The molecule has 0 aliphatic rings. The lowest BCUT2D eigenvalue weighted by molar-refractivity contribution is -0.118. The smallest absolute Gasteiger partial charge is 0.227 e. The fourth-order valence-electron chi connectivity index (χ4n) is 1.82. The minimum Gasteiger partial charge on any atom is -0.307 e. The molecule has 0 saturated heterocycles. The van der Waals surface area contributed by atoms with E-state index >= 15 is 0 Å². The molecule has 1 aromatic heterocycles.